The fourth-order valence-electron chi connectivity index (χ4n) is 5.03. The van der Waals surface area contributed by atoms with Crippen LogP contribution in [0.15, 0.2) is 18.3 Å². The SMILES string of the molecule is CCN(CC)C(=O)N[C@H]1CC2c3cc(OC(=O)O)cc4[nH]cc(c34)C[C@H]2N(C)C1. The second-order valence-electron chi connectivity index (χ2n) is 7.99. The Morgan fingerprint density at radius 1 is 1.34 bits per heavy atom. The lowest BCUT2D eigenvalue weighted by molar-refractivity contribution is 0.123. The Bertz CT molecular complexity index is 936. The first-order valence-corrected chi connectivity index (χ1v) is 10.2. The molecule has 1 aliphatic carbocycles. The van der Waals surface area contributed by atoms with Crippen molar-refractivity contribution in [2.45, 2.75) is 44.7 Å². The van der Waals surface area contributed by atoms with Crippen molar-refractivity contribution in [2.75, 3.05) is 26.7 Å². The molecule has 0 saturated carbocycles. The van der Waals surface area contributed by atoms with Gasteiger partial charge in [0, 0.05) is 60.8 Å². The third-order valence-corrected chi connectivity index (χ3v) is 6.35. The molecule has 156 valence electrons. The van der Waals surface area contributed by atoms with Crippen molar-refractivity contribution in [3.63, 3.8) is 0 Å². The van der Waals surface area contributed by atoms with Crippen LogP contribution in [0.3, 0.4) is 0 Å². The van der Waals surface area contributed by atoms with Crippen LogP contribution in [0.4, 0.5) is 9.59 Å². The van der Waals surface area contributed by atoms with Gasteiger partial charge >= 0.3 is 12.2 Å². The molecule has 2 aliphatic rings. The zero-order valence-electron chi connectivity index (χ0n) is 17.1. The lowest BCUT2D eigenvalue weighted by Crippen LogP contribution is -2.56. The van der Waals surface area contributed by atoms with Crippen LogP contribution in [0, 0.1) is 0 Å². The number of hydrogen-bond donors (Lipinski definition) is 3. The van der Waals surface area contributed by atoms with Gasteiger partial charge in [-0.2, -0.15) is 0 Å². The van der Waals surface area contributed by atoms with Gasteiger partial charge in [0.05, 0.1) is 0 Å². The van der Waals surface area contributed by atoms with Gasteiger partial charge in [-0.05, 0) is 50.9 Å². The average Bonchev–Trinajstić information content (AvgIpc) is 3.07. The number of aromatic amines is 1. The number of aromatic nitrogens is 1. The Kier molecular flexibility index (Phi) is 5.12. The Morgan fingerprint density at radius 3 is 2.79 bits per heavy atom. The van der Waals surface area contributed by atoms with Gasteiger partial charge in [-0.25, -0.2) is 9.59 Å². The maximum absolute atomic E-state index is 12.6. The molecule has 29 heavy (non-hydrogen) atoms. The number of hydrogen-bond acceptors (Lipinski definition) is 4. The number of H-pyrrole nitrogens is 1. The van der Waals surface area contributed by atoms with E-state index in [0.717, 1.165) is 35.9 Å². The van der Waals surface area contributed by atoms with E-state index in [2.05, 4.69) is 22.2 Å². The van der Waals surface area contributed by atoms with Gasteiger partial charge in [-0.15, -0.1) is 0 Å². The molecule has 8 heteroatoms. The summed E-state index contributed by atoms with van der Waals surface area (Å²) >= 11 is 0. The summed E-state index contributed by atoms with van der Waals surface area (Å²) in [5, 5.41) is 13.4. The minimum absolute atomic E-state index is 0.0295. The number of fused-ring (bicyclic) bond motifs is 2. The second kappa shape index (κ2) is 7.59. The summed E-state index contributed by atoms with van der Waals surface area (Å²) in [5.74, 6) is 0.518. The summed E-state index contributed by atoms with van der Waals surface area (Å²) in [5.41, 5.74) is 3.24. The van der Waals surface area contributed by atoms with Crippen LogP contribution < -0.4 is 10.1 Å². The summed E-state index contributed by atoms with van der Waals surface area (Å²) in [7, 11) is 2.10. The molecule has 0 spiro atoms. The molecule has 1 aromatic heterocycles. The van der Waals surface area contributed by atoms with Gasteiger partial charge in [0.1, 0.15) is 5.75 Å². The zero-order valence-corrected chi connectivity index (χ0v) is 17.1. The quantitative estimate of drug-likeness (QED) is 0.541. The fourth-order valence-corrected chi connectivity index (χ4v) is 5.03. The van der Waals surface area contributed by atoms with E-state index in [9.17, 15) is 9.59 Å². The monoisotopic (exact) mass is 400 g/mol. The van der Waals surface area contributed by atoms with Crippen molar-refractivity contribution in [1.29, 1.82) is 0 Å². The first-order chi connectivity index (χ1) is 13.9. The molecule has 3 atom stereocenters. The number of likely N-dealkylation sites (tertiary alicyclic amines) is 1. The number of carbonyl (C=O) groups is 2. The maximum Gasteiger partial charge on any atom is 0.511 e. The molecule has 1 saturated heterocycles. The highest BCUT2D eigenvalue weighted by atomic mass is 16.7. The smallest absolute Gasteiger partial charge is 0.449 e. The lowest BCUT2D eigenvalue weighted by Gasteiger charge is -2.46. The summed E-state index contributed by atoms with van der Waals surface area (Å²) in [6.45, 7) is 6.11. The molecule has 4 rings (SSSR count). The summed E-state index contributed by atoms with van der Waals surface area (Å²) in [6, 6.07) is 3.91. The van der Waals surface area contributed by atoms with Crippen LogP contribution in [0.5, 0.6) is 5.75 Å². The minimum atomic E-state index is -1.32. The Balaban J connectivity index is 1.65. The van der Waals surface area contributed by atoms with E-state index in [1.54, 1.807) is 11.0 Å². The number of nitrogens with zero attached hydrogens (tertiary/aromatic N) is 2. The molecule has 1 unspecified atom stereocenters. The van der Waals surface area contributed by atoms with E-state index in [0.29, 0.717) is 24.9 Å². The van der Waals surface area contributed by atoms with Crippen molar-refractivity contribution >= 4 is 23.1 Å². The fraction of sp³-hybridized carbons (Fsp3) is 0.524. The van der Waals surface area contributed by atoms with E-state index in [1.165, 1.54) is 5.56 Å². The second-order valence-corrected chi connectivity index (χ2v) is 7.99. The van der Waals surface area contributed by atoms with Crippen LogP contribution >= 0.6 is 0 Å². The molecule has 1 aliphatic heterocycles. The van der Waals surface area contributed by atoms with Crippen molar-refractivity contribution in [1.82, 2.24) is 20.1 Å². The Labute approximate surface area is 169 Å². The van der Waals surface area contributed by atoms with Gasteiger partial charge in [0.2, 0.25) is 0 Å². The van der Waals surface area contributed by atoms with E-state index in [4.69, 9.17) is 9.84 Å². The Hall–Kier alpha value is -2.74. The average molecular weight is 400 g/mol. The van der Waals surface area contributed by atoms with Crippen LogP contribution in [-0.2, 0) is 6.42 Å². The number of ether oxygens (including phenoxy) is 1. The summed E-state index contributed by atoms with van der Waals surface area (Å²) < 4.78 is 4.96. The largest absolute Gasteiger partial charge is 0.511 e. The van der Waals surface area contributed by atoms with Gasteiger partial charge in [-0.1, -0.05) is 0 Å². The van der Waals surface area contributed by atoms with E-state index >= 15 is 0 Å². The summed E-state index contributed by atoms with van der Waals surface area (Å²) in [4.78, 5) is 31.0. The van der Waals surface area contributed by atoms with Crippen molar-refractivity contribution in [2.24, 2.45) is 0 Å². The van der Waals surface area contributed by atoms with Crippen LogP contribution in [0.25, 0.3) is 10.9 Å². The van der Waals surface area contributed by atoms with E-state index < -0.39 is 6.16 Å². The first kappa shape index (κ1) is 19.6. The van der Waals surface area contributed by atoms with Gasteiger partial charge in [0.15, 0.2) is 0 Å². The number of rotatable bonds is 4. The number of piperidine rings is 1. The number of carboxylic acid groups (broad SMARTS) is 1. The number of urea groups is 1. The number of nitrogens with one attached hydrogen (secondary N) is 2. The van der Waals surface area contributed by atoms with Crippen LogP contribution in [0.1, 0.15) is 37.3 Å². The molecule has 2 amide bonds. The number of likely N-dealkylation sites (N-methyl/N-ethyl adjacent to an activating group) is 1. The number of amides is 2. The highest BCUT2D eigenvalue weighted by Crippen LogP contribution is 2.44. The van der Waals surface area contributed by atoms with Gasteiger partial charge in [-0.3, -0.25) is 0 Å². The van der Waals surface area contributed by atoms with Crippen molar-refractivity contribution in [3.05, 3.63) is 29.5 Å². The van der Waals surface area contributed by atoms with Crippen LogP contribution in [0.2, 0.25) is 0 Å². The van der Waals surface area contributed by atoms with Crippen molar-refractivity contribution < 1.29 is 19.4 Å². The van der Waals surface area contributed by atoms with Gasteiger partial charge in [0.25, 0.3) is 0 Å². The lowest BCUT2D eigenvalue weighted by atomic mass is 9.74. The molecule has 3 N–H and O–H groups in total. The van der Waals surface area contributed by atoms with E-state index in [1.807, 2.05) is 26.1 Å². The minimum Gasteiger partial charge on any atom is -0.449 e. The summed E-state index contributed by atoms with van der Waals surface area (Å²) in [6.07, 6.45) is 2.44. The predicted octanol–water partition coefficient (Wildman–Crippen LogP) is 2.99. The molecular formula is C21H28N4O4. The molecule has 8 nitrogen and oxygen atoms in total. The third kappa shape index (κ3) is 3.53. The normalized spacial score (nSPS) is 23.5. The molecule has 0 radical (unpaired) electrons. The molecule has 1 fully saturated rings. The third-order valence-electron chi connectivity index (χ3n) is 6.35. The number of benzene rings is 1. The predicted molar refractivity (Wildman–Crippen MR) is 110 cm³/mol. The first-order valence-electron chi connectivity index (χ1n) is 10.2. The molecule has 2 aromatic rings. The van der Waals surface area contributed by atoms with E-state index in [-0.39, 0.29) is 18.0 Å². The van der Waals surface area contributed by atoms with Crippen molar-refractivity contribution in [3.8, 4) is 5.75 Å². The standard InChI is InChI=1S/C21H28N4O4/c1-4-25(5-2)20(26)23-13-7-15-16-8-14(29-21(27)28)9-17-19(16)12(10-22-17)6-18(15)24(3)11-13/h8-10,13,15,18,22H,4-7,11H2,1-3H3,(H,23,26)(H,27,28)/t13-,15?,18+/m0/s1. The molecular weight excluding hydrogens is 372 g/mol. The molecule has 1 aromatic carbocycles. The maximum atomic E-state index is 12.6. The molecule has 2 heterocycles. The molecule has 0 bridgehead atoms. The van der Waals surface area contributed by atoms with Crippen LogP contribution in [-0.4, -0.2) is 70.8 Å². The van der Waals surface area contributed by atoms with Gasteiger partial charge < -0.3 is 29.9 Å². The number of carbonyl (C=O) groups excluding carboxylic acids is 1. The highest BCUT2D eigenvalue weighted by Gasteiger charge is 2.40. The Morgan fingerprint density at radius 2 is 2.10 bits per heavy atom. The zero-order chi connectivity index (χ0) is 20.7. The topological polar surface area (TPSA) is 97.9 Å². The highest BCUT2D eigenvalue weighted by molar-refractivity contribution is 5.90.